The molecule has 2 rings (SSSR count). The molecule has 1 aliphatic heterocycles. The third-order valence-electron chi connectivity index (χ3n) is 4.72. The van der Waals surface area contributed by atoms with Gasteiger partial charge in [-0.15, -0.1) is 0 Å². The zero-order chi connectivity index (χ0) is 11.4. The number of aliphatic hydroxyl groups excluding tert-OH is 1. The van der Waals surface area contributed by atoms with Crippen LogP contribution in [0.3, 0.4) is 0 Å². The topological polar surface area (TPSA) is 23.5 Å². The van der Waals surface area contributed by atoms with Gasteiger partial charge in [-0.3, -0.25) is 0 Å². The molecular weight excluding hydrogens is 198 g/mol. The lowest BCUT2D eigenvalue weighted by molar-refractivity contribution is 0.0642. The van der Waals surface area contributed by atoms with Crippen molar-refractivity contribution in [1.29, 1.82) is 0 Å². The lowest BCUT2D eigenvalue weighted by Crippen LogP contribution is -2.45. The van der Waals surface area contributed by atoms with Crippen LogP contribution in [0.25, 0.3) is 0 Å². The van der Waals surface area contributed by atoms with E-state index in [1.165, 1.54) is 51.5 Å². The zero-order valence-electron chi connectivity index (χ0n) is 10.7. The summed E-state index contributed by atoms with van der Waals surface area (Å²) < 4.78 is 0. The smallest absolute Gasteiger partial charge is 0.0471 e. The molecule has 1 N–H and O–H groups in total. The fraction of sp³-hybridized carbons (Fsp3) is 1.00. The first kappa shape index (κ1) is 12.4. The van der Waals surface area contributed by atoms with Crippen LogP contribution in [0.2, 0.25) is 0 Å². The summed E-state index contributed by atoms with van der Waals surface area (Å²) in [5.74, 6) is 1.55. The van der Waals surface area contributed by atoms with Crippen molar-refractivity contribution in [2.75, 3.05) is 19.7 Å². The molecule has 2 nitrogen and oxygen atoms in total. The van der Waals surface area contributed by atoms with Crippen molar-refractivity contribution < 1.29 is 5.11 Å². The molecule has 0 spiro atoms. The highest BCUT2D eigenvalue weighted by molar-refractivity contribution is 4.83. The first-order valence-corrected chi connectivity index (χ1v) is 7.18. The highest BCUT2D eigenvalue weighted by Crippen LogP contribution is 2.31. The molecule has 2 fully saturated rings. The summed E-state index contributed by atoms with van der Waals surface area (Å²) in [6.45, 7) is 5.14. The van der Waals surface area contributed by atoms with E-state index < -0.39 is 0 Å². The van der Waals surface area contributed by atoms with Crippen LogP contribution in [-0.2, 0) is 0 Å². The Morgan fingerprint density at radius 2 is 1.81 bits per heavy atom. The molecule has 1 heterocycles. The fourth-order valence-corrected chi connectivity index (χ4v) is 3.50. The van der Waals surface area contributed by atoms with Gasteiger partial charge in [0, 0.05) is 19.2 Å². The molecule has 1 saturated heterocycles. The SMILES string of the molecule is CCC1CCC(N2CCC[C@@H](CO)C2)CC1. The second-order valence-electron chi connectivity index (χ2n) is 5.77. The molecule has 16 heavy (non-hydrogen) atoms. The van der Waals surface area contributed by atoms with E-state index in [0.29, 0.717) is 12.5 Å². The first-order valence-electron chi connectivity index (χ1n) is 7.18. The largest absolute Gasteiger partial charge is 0.396 e. The van der Waals surface area contributed by atoms with E-state index in [0.717, 1.165) is 18.5 Å². The van der Waals surface area contributed by atoms with Crippen LogP contribution in [0.1, 0.15) is 51.9 Å². The Bertz CT molecular complexity index is 199. The minimum atomic E-state index is 0.390. The molecule has 1 atom stereocenters. The van der Waals surface area contributed by atoms with Gasteiger partial charge in [-0.2, -0.15) is 0 Å². The molecule has 2 heteroatoms. The second kappa shape index (κ2) is 6.02. The van der Waals surface area contributed by atoms with E-state index in [1.54, 1.807) is 0 Å². The third-order valence-corrected chi connectivity index (χ3v) is 4.72. The maximum atomic E-state index is 9.26. The molecule has 0 bridgehead atoms. The number of piperidine rings is 1. The number of likely N-dealkylation sites (tertiary alicyclic amines) is 1. The lowest BCUT2D eigenvalue weighted by atomic mass is 9.83. The fourth-order valence-electron chi connectivity index (χ4n) is 3.50. The standard InChI is InChI=1S/C14H27NO/c1-2-12-5-7-14(8-6-12)15-9-3-4-13(10-15)11-16/h12-14,16H,2-11H2,1H3/t12?,13-,14?/m1/s1. The Morgan fingerprint density at radius 3 is 2.44 bits per heavy atom. The summed E-state index contributed by atoms with van der Waals surface area (Å²) in [6, 6.07) is 0.831. The average molecular weight is 225 g/mol. The Kier molecular flexibility index (Phi) is 4.66. The summed E-state index contributed by atoms with van der Waals surface area (Å²) in [4.78, 5) is 2.66. The zero-order valence-corrected chi connectivity index (χ0v) is 10.7. The number of hydrogen-bond donors (Lipinski definition) is 1. The van der Waals surface area contributed by atoms with Crippen molar-refractivity contribution >= 4 is 0 Å². The van der Waals surface area contributed by atoms with E-state index in [-0.39, 0.29) is 0 Å². The average Bonchev–Trinajstić information content (AvgIpc) is 2.39. The highest BCUT2D eigenvalue weighted by Gasteiger charge is 2.28. The predicted octanol–water partition coefficient (Wildman–Crippen LogP) is 2.66. The van der Waals surface area contributed by atoms with Crippen LogP contribution >= 0.6 is 0 Å². The van der Waals surface area contributed by atoms with E-state index in [9.17, 15) is 5.11 Å². The van der Waals surface area contributed by atoms with Gasteiger partial charge in [0.2, 0.25) is 0 Å². The van der Waals surface area contributed by atoms with Crippen LogP contribution in [0.15, 0.2) is 0 Å². The lowest BCUT2D eigenvalue weighted by Gasteiger charge is -2.41. The van der Waals surface area contributed by atoms with Gasteiger partial charge < -0.3 is 10.0 Å². The van der Waals surface area contributed by atoms with Crippen LogP contribution in [-0.4, -0.2) is 35.7 Å². The molecule has 0 amide bonds. The third kappa shape index (κ3) is 2.98. The molecule has 1 saturated carbocycles. The summed E-state index contributed by atoms with van der Waals surface area (Å²) in [6.07, 6.45) is 9.55. The Labute approximate surface area is 100 Å². The summed E-state index contributed by atoms with van der Waals surface area (Å²) >= 11 is 0. The Morgan fingerprint density at radius 1 is 1.06 bits per heavy atom. The van der Waals surface area contributed by atoms with E-state index >= 15 is 0 Å². The van der Waals surface area contributed by atoms with Gasteiger partial charge in [-0.25, -0.2) is 0 Å². The highest BCUT2D eigenvalue weighted by atomic mass is 16.3. The first-order chi connectivity index (χ1) is 7.83. The number of rotatable bonds is 3. The minimum absolute atomic E-state index is 0.390. The van der Waals surface area contributed by atoms with Crippen LogP contribution in [0.4, 0.5) is 0 Å². The van der Waals surface area contributed by atoms with E-state index in [2.05, 4.69) is 11.8 Å². The summed E-state index contributed by atoms with van der Waals surface area (Å²) in [5, 5.41) is 9.26. The molecule has 1 aliphatic carbocycles. The van der Waals surface area contributed by atoms with Gasteiger partial charge in [0.25, 0.3) is 0 Å². The van der Waals surface area contributed by atoms with Crippen LogP contribution in [0, 0.1) is 11.8 Å². The number of nitrogens with zero attached hydrogens (tertiary/aromatic N) is 1. The predicted molar refractivity (Wildman–Crippen MR) is 67.4 cm³/mol. The van der Waals surface area contributed by atoms with Gasteiger partial charge in [0.1, 0.15) is 0 Å². The van der Waals surface area contributed by atoms with Crippen molar-refractivity contribution in [1.82, 2.24) is 4.90 Å². The monoisotopic (exact) mass is 225 g/mol. The molecule has 94 valence electrons. The maximum Gasteiger partial charge on any atom is 0.0471 e. The van der Waals surface area contributed by atoms with Crippen molar-refractivity contribution in [2.24, 2.45) is 11.8 Å². The van der Waals surface area contributed by atoms with Gasteiger partial charge in [0.05, 0.1) is 0 Å². The van der Waals surface area contributed by atoms with Gasteiger partial charge in [0.15, 0.2) is 0 Å². The number of aliphatic hydroxyl groups is 1. The van der Waals surface area contributed by atoms with Crippen molar-refractivity contribution in [3.63, 3.8) is 0 Å². The van der Waals surface area contributed by atoms with Gasteiger partial charge >= 0.3 is 0 Å². The molecule has 0 aromatic rings. The molecule has 0 aromatic carbocycles. The minimum Gasteiger partial charge on any atom is -0.396 e. The molecular formula is C14H27NO. The quantitative estimate of drug-likeness (QED) is 0.798. The van der Waals surface area contributed by atoms with E-state index in [4.69, 9.17) is 0 Å². The van der Waals surface area contributed by atoms with Crippen molar-refractivity contribution in [2.45, 2.75) is 57.9 Å². The molecule has 0 unspecified atom stereocenters. The summed E-state index contributed by atoms with van der Waals surface area (Å²) in [7, 11) is 0. The van der Waals surface area contributed by atoms with Gasteiger partial charge in [-0.1, -0.05) is 13.3 Å². The van der Waals surface area contributed by atoms with E-state index in [1.807, 2.05) is 0 Å². The van der Waals surface area contributed by atoms with Crippen molar-refractivity contribution in [3.05, 3.63) is 0 Å². The maximum absolute atomic E-state index is 9.26. The van der Waals surface area contributed by atoms with Crippen LogP contribution in [0.5, 0.6) is 0 Å². The Balaban J connectivity index is 1.79. The molecule has 0 radical (unpaired) electrons. The van der Waals surface area contributed by atoms with Crippen LogP contribution < -0.4 is 0 Å². The molecule has 2 aliphatic rings. The second-order valence-corrected chi connectivity index (χ2v) is 5.77. The normalized spacial score (nSPS) is 37.5. The van der Waals surface area contributed by atoms with Gasteiger partial charge in [-0.05, 0) is 56.9 Å². The Hall–Kier alpha value is -0.0800. The summed E-state index contributed by atoms with van der Waals surface area (Å²) in [5.41, 5.74) is 0. The van der Waals surface area contributed by atoms with Crippen molar-refractivity contribution in [3.8, 4) is 0 Å². The molecule has 0 aromatic heterocycles. The number of hydrogen-bond acceptors (Lipinski definition) is 2.